The first-order valence-corrected chi connectivity index (χ1v) is 12.7. The maximum Gasteiger partial charge on any atom is 0.478 e. The number of alkyl halides is 3. The number of oxime groups is 1. The summed E-state index contributed by atoms with van der Waals surface area (Å²) < 4.78 is 64.2. The molecule has 0 saturated carbocycles. The van der Waals surface area contributed by atoms with Crippen LogP contribution in [0.5, 0.6) is 0 Å². The lowest BCUT2D eigenvalue weighted by atomic mass is 9.99. The van der Waals surface area contributed by atoms with E-state index < -0.39 is 57.9 Å². The van der Waals surface area contributed by atoms with E-state index in [4.69, 9.17) is 10.00 Å². The lowest BCUT2D eigenvalue weighted by Crippen LogP contribution is -2.40. The summed E-state index contributed by atoms with van der Waals surface area (Å²) in [5.74, 6) is -4.82. The van der Waals surface area contributed by atoms with E-state index in [2.05, 4.69) is 36.8 Å². The zero-order valence-electron chi connectivity index (χ0n) is 19.4. The molecule has 0 spiro atoms. The molecule has 0 N–H and O–H groups in total. The molecule has 0 radical (unpaired) electrons. The molecule has 10 nitrogen and oxygen atoms in total. The van der Waals surface area contributed by atoms with E-state index in [1.807, 2.05) is 13.8 Å². The molecule has 0 fully saturated rings. The standard InChI is InChI=1S/C22H23F2IN2O8S/c1-15(13-21(2,3)25)19(29)33-11-12-34-20(30)22(23,24)36(31,32)35-27-17(14-26)18(28)10-9-16-7-5-4-6-8-16/h4-10,15H,11-13H2,1-3H3/b10-9+,27-17-. The first kappa shape index (κ1) is 31.1. The van der Waals surface area contributed by atoms with Crippen LogP contribution >= 0.6 is 22.6 Å². The van der Waals surface area contributed by atoms with Crippen LogP contribution in [0.2, 0.25) is 0 Å². The van der Waals surface area contributed by atoms with Crippen molar-refractivity contribution in [3.8, 4) is 6.07 Å². The molecule has 1 unspecified atom stereocenters. The van der Waals surface area contributed by atoms with E-state index in [9.17, 15) is 31.6 Å². The predicted molar refractivity (Wildman–Crippen MR) is 132 cm³/mol. The van der Waals surface area contributed by atoms with Crippen LogP contribution in [-0.2, 0) is 38.3 Å². The smallest absolute Gasteiger partial charge is 0.462 e. The molecule has 0 amide bonds. The lowest BCUT2D eigenvalue weighted by Gasteiger charge is -2.20. The average molecular weight is 640 g/mol. The van der Waals surface area contributed by atoms with Gasteiger partial charge in [0.2, 0.25) is 11.5 Å². The summed E-state index contributed by atoms with van der Waals surface area (Å²) in [5.41, 5.74) is -0.606. The predicted octanol–water partition coefficient (Wildman–Crippen LogP) is 3.41. The molecular weight excluding hydrogens is 617 g/mol. The van der Waals surface area contributed by atoms with Gasteiger partial charge in [-0.1, -0.05) is 79.8 Å². The highest BCUT2D eigenvalue weighted by molar-refractivity contribution is 14.1. The summed E-state index contributed by atoms with van der Waals surface area (Å²) in [4.78, 5) is 35.5. The number of benzene rings is 1. The van der Waals surface area contributed by atoms with Gasteiger partial charge in [0, 0.05) is 3.42 Å². The zero-order chi connectivity index (χ0) is 27.6. The van der Waals surface area contributed by atoms with Crippen LogP contribution in [-0.4, -0.2) is 53.7 Å². The van der Waals surface area contributed by atoms with Crippen LogP contribution in [0.1, 0.15) is 32.8 Å². The Kier molecular flexibility index (Phi) is 11.6. The van der Waals surface area contributed by atoms with Gasteiger partial charge in [0.1, 0.15) is 19.3 Å². The summed E-state index contributed by atoms with van der Waals surface area (Å²) in [7, 11) is -6.08. The number of hydrogen-bond acceptors (Lipinski definition) is 10. The maximum absolute atomic E-state index is 14.1. The zero-order valence-corrected chi connectivity index (χ0v) is 22.4. The molecule has 14 heteroatoms. The van der Waals surface area contributed by atoms with Gasteiger partial charge in [-0.25, -0.2) is 4.79 Å². The summed E-state index contributed by atoms with van der Waals surface area (Å²) in [6.45, 7) is 3.94. The Morgan fingerprint density at radius 1 is 1.17 bits per heavy atom. The highest BCUT2D eigenvalue weighted by Crippen LogP contribution is 2.27. The Morgan fingerprint density at radius 2 is 1.75 bits per heavy atom. The normalized spacial score (nSPS) is 13.5. The number of nitriles is 1. The number of ether oxygens (including phenoxy) is 2. The maximum atomic E-state index is 14.1. The highest BCUT2D eigenvalue weighted by atomic mass is 127. The van der Waals surface area contributed by atoms with E-state index in [0.717, 1.165) is 6.08 Å². The van der Waals surface area contributed by atoms with Gasteiger partial charge >= 0.3 is 27.3 Å². The minimum absolute atomic E-state index is 0.199. The van der Waals surface area contributed by atoms with Gasteiger partial charge in [-0.05, 0) is 23.2 Å². The van der Waals surface area contributed by atoms with Crippen LogP contribution in [0.3, 0.4) is 0 Å². The summed E-state index contributed by atoms with van der Waals surface area (Å²) in [5, 5.41) is 6.38. The van der Waals surface area contributed by atoms with Crippen molar-refractivity contribution in [2.45, 2.75) is 35.9 Å². The van der Waals surface area contributed by atoms with Gasteiger partial charge in [-0.15, -0.1) is 0 Å². The van der Waals surface area contributed by atoms with E-state index in [1.54, 1.807) is 37.3 Å². The Hall–Kier alpha value is -2.93. The second-order valence-electron chi connectivity index (χ2n) is 7.83. The monoisotopic (exact) mass is 640 g/mol. The molecule has 0 aromatic heterocycles. The van der Waals surface area contributed by atoms with Crippen LogP contribution in [0.25, 0.3) is 6.08 Å². The van der Waals surface area contributed by atoms with Gasteiger partial charge in [0.25, 0.3) is 0 Å². The van der Waals surface area contributed by atoms with Crippen molar-refractivity contribution in [3.63, 3.8) is 0 Å². The fourth-order valence-corrected chi connectivity index (χ4v) is 3.67. The SMILES string of the molecule is CC(CC(C)(C)I)C(=O)OCCOC(=O)C(F)(F)S(=O)(=O)O/N=C(/C#N)C(=O)/C=C/c1ccccc1. The molecule has 1 aromatic rings. The number of hydrogen-bond donors (Lipinski definition) is 0. The summed E-state index contributed by atoms with van der Waals surface area (Å²) >= 11 is 2.14. The number of ketones is 1. The van der Waals surface area contributed by atoms with Gasteiger partial charge in [-0.2, -0.15) is 22.5 Å². The number of carbonyl (C=O) groups excluding carboxylic acids is 3. The minimum Gasteiger partial charge on any atom is -0.462 e. The third-order valence-electron chi connectivity index (χ3n) is 4.10. The van der Waals surface area contributed by atoms with Crippen LogP contribution in [0, 0.1) is 17.2 Å². The van der Waals surface area contributed by atoms with Crippen molar-refractivity contribution in [2.75, 3.05) is 13.2 Å². The molecule has 0 aliphatic rings. The molecule has 36 heavy (non-hydrogen) atoms. The van der Waals surface area contributed by atoms with Crippen molar-refractivity contribution < 1.29 is 45.3 Å². The van der Waals surface area contributed by atoms with Crippen molar-refractivity contribution in [1.82, 2.24) is 0 Å². The van der Waals surface area contributed by atoms with E-state index in [0.29, 0.717) is 12.0 Å². The first-order valence-electron chi connectivity index (χ1n) is 10.2. The fourth-order valence-electron chi connectivity index (χ4n) is 2.49. The summed E-state index contributed by atoms with van der Waals surface area (Å²) in [6, 6.07) is 9.50. The molecule has 0 heterocycles. The molecule has 0 bridgehead atoms. The molecule has 196 valence electrons. The number of nitrogens with zero attached hydrogens (tertiary/aromatic N) is 2. The summed E-state index contributed by atoms with van der Waals surface area (Å²) in [6.07, 6.45) is 2.59. The second kappa shape index (κ2) is 13.4. The van der Waals surface area contributed by atoms with Crippen LogP contribution in [0.4, 0.5) is 8.78 Å². The molecule has 1 rings (SSSR count). The van der Waals surface area contributed by atoms with Crippen molar-refractivity contribution in [1.29, 1.82) is 5.26 Å². The molecule has 1 atom stereocenters. The molecule has 0 aliphatic heterocycles. The topological polar surface area (TPSA) is 149 Å². The van der Waals surface area contributed by atoms with Gasteiger partial charge in [-0.3, -0.25) is 13.9 Å². The van der Waals surface area contributed by atoms with E-state index in [1.165, 1.54) is 12.1 Å². The largest absolute Gasteiger partial charge is 0.478 e. The van der Waals surface area contributed by atoms with Gasteiger partial charge < -0.3 is 9.47 Å². The van der Waals surface area contributed by atoms with E-state index in [-0.39, 0.29) is 3.42 Å². The number of esters is 2. The van der Waals surface area contributed by atoms with Crippen molar-refractivity contribution in [3.05, 3.63) is 42.0 Å². The number of allylic oxidation sites excluding steroid dienone is 1. The third kappa shape index (κ3) is 9.97. The molecule has 0 aliphatic carbocycles. The van der Waals surface area contributed by atoms with Crippen LogP contribution < -0.4 is 0 Å². The number of rotatable bonds is 13. The van der Waals surface area contributed by atoms with Crippen LogP contribution in [0.15, 0.2) is 41.6 Å². The Morgan fingerprint density at radius 3 is 2.31 bits per heavy atom. The molecule has 0 saturated heterocycles. The van der Waals surface area contributed by atoms with Crippen molar-refractivity contribution >= 4 is 62.2 Å². The fraction of sp³-hybridized carbons (Fsp3) is 0.409. The quantitative estimate of drug-likeness (QED) is 0.0602. The minimum atomic E-state index is -6.08. The lowest BCUT2D eigenvalue weighted by molar-refractivity contribution is -0.166. The van der Waals surface area contributed by atoms with Gasteiger partial charge in [0.05, 0.1) is 5.92 Å². The number of carbonyl (C=O) groups is 3. The Labute approximate surface area is 220 Å². The molecular formula is C22H23F2IN2O8S. The molecule has 1 aromatic carbocycles. The first-order chi connectivity index (χ1) is 16.6. The Balaban J connectivity index is 2.71. The highest BCUT2D eigenvalue weighted by Gasteiger charge is 2.57. The van der Waals surface area contributed by atoms with Crippen molar-refractivity contribution in [2.24, 2.45) is 11.1 Å². The van der Waals surface area contributed by atoms with Gasteiger partial charge in [0.15, 0.2) is 0 Å². The third-order valence-corrected chi connectivity index (χ3v) is 5.60. The number of halogens is 3. The van der Waals surface area contributed by atoms with E-state index >= 15 is 0 Å². The second-order valence-corrected chi connectivity index (χ2v) is 12.3. The average Bonchev–Trinajstić information content (AvgIpc) is 2.79. The Bertz CT molecular complexity index is 1160.